The van der Waals surface area contributed by atoms with E-state index in [0.29, 0.717) is 25.4 Å². The Morgan fingerprint density at radius 1 is 1.44 bits per heavy atom. The molecular formula is C14H19FN2O. The summed E-state index contributed by atoms with van der Waals surface area (Å²) in [5, 5.41) is 0. The van der Waals surface area contributed by atoms with Crippen molar-refractivity contribution < 1.29 is 9.18 Å². The van der Waals surface area contributed by atoms with Gasteiger partial charge in [0.15, 0.2) is 0 Å². The van der Waals surface area contributed by atoms with E-state index in [0.717, 1.165) is 24.1 Å². The van der Waals surface area contributed by atoms with Crippen molar-refractivity contribution in [3.05, 3.63) is 35.1 Å². The zero-order valence-corrected chi connectivity index (χ0v) is 10.7. The van der Waals surface area contributed by atoms with Crippen LogP contribution in [0.2, 0.25) is 0 Å². The molecule has 1 aromatic rings. The Balaban J connectivity index is 2.12. The van der Waals surface area contributed by atoms with Gasteiger partial charge in [0.1, 0.15) is 5.82 Å². The third kappa shape index (κ3) is 2.70. The van der Waals surface area contributed by atoms with Crippen molar-refractivity contribution >= 4 is 5.91 Å². The predicted molar refractivity (Wildman–Crippen MR) is 68.1 cm³/mol. The van der Waals surface area contributed by atoms with Crippen LogP contribution in [0.25, 0.3) is 0 Å². The maximum atomic E-state index is 13.1. The Morgan fingerprint density at radius 3 is 2.83 bits per heavy atom. The summed E-state index contributed by atoms with van der Waals surface area (Å²) in [7, 11) is 0. The van der Waals surface area contributed by atoms with Gasteiger partial charge in [-0.3, -0.25) is 4.79 Å². The molecular weight excluding hydrogens is 231 g/mol. The van der Waals surface area contributed by atoms with Gasteiger partial charge >= 0.3 is 0 Å². The van der Waals surface area contributed by atoms with Gasteiger partial charge < -0.3 is 10.6 Å². The number of carbonyl (C=O) groups excluding carboxylic acids is 1. The minimum absolute atomic E-state index is 0.189. The summed E-state index contributed by atoms with van der Waals surface area (Å²) in [6.07, 6.45) is 1.66. The Hall–Kier alpha value is -1.42. The second-order valence-corrected chi connectivity index (χ2v) is 4.87. The summed E-state index contributed by atoms with van der Waals surface area (Å²) in [5.41, 5.74) is 7.34. The summed E-state index contributed by atoms with van der Waals surface area (Å²) in [4.78, 5) is 13.7. The van der Waals surface area contributed by atoms with Gasteiger partial charge in [-0.25, -0.2) is 4.39 Å². The van der Waals surface area contributed by atoms with Crippen molar-refractivity contribution in [2.45, 2.75) is 32.9 Å². The molecule has 1 unspecified atom stereocenters. The summed E-state index contributed by atoms with van der Waals surface area (Å²) >= 11 is 0. The molecule has 0 bridgehead atoms. The van der Waals surface area contributed by atoms with Crippen molar-refractivity contribution in [1.82, 2.24) is 4.90 Å². The van der Waals surface area contributed by atoms with Crippen LogP contribution >= 0.6 is 0 Å². The molecule has 1 atom stereocenters. The lowest BCUT2D eigenvalue weighted by Gasteiger charge is -2.18. The maximum Gasteiger partial charge on any atom is 0.223 e. The van der Waals surface area contributed by atoms with E-state index in [1.807, 2.05) is 4.90 Å². The van der Waals surface area contributed by atoms with Crippen LogP contribution in [-0.2, 0) is 17.9 Å². The number of hydrogen-bond donors (Lipinski definition) is 1. The molecule has 0 spiro atoms. The second-order valence-electron chi connectivity index (χ2n) is 4.87. The first kappa shape index (κ1) is 13.0. The monoisotopic (exact) mass is 250 g/mol. The minimum atomic E-state index is -0.279. The lowest BCUT2D eigenvalue weighted by molar-refractivity contribution is -0.128. The highest BCUT2D eigenvalue weighted by Gasteiger charge is 2.28. The Labute approximate surface area is 107 Å². The number of likely N-dealkylation sites (tertiary alicyclic amines) is 1. The van der Waals surface area contributed by atoms with E-state index in [1.54, 1.807) is 6.07 Å². The van der Waals surface area contributed by atoms with Gasteiger partial charge in [-0.15, -0.1) is 0 Å². The lowest BCUT2D eigenvalue weighted by atomic mass is 10.1. The Bertz CT molecular complexity index is 447. The molecule has 2 N–H and O–H groups in total. The van der Waals surface area contributed by atoms with Crippen LogP contribution in [0, 0.1) is 11.7 Å². The molecule has 0 aliphatic carbocycles. The Morgan fingerprint density at radius 2 is 2.22 bits per heavy atom. The van der Waals surface area contributed by atoms with E-state index in [4.69, 9.17) is 5.73 Å². The normalized spacial score (nSPS) is 19.6. The molecule has 4 heteroatoms. The van der Waals surface area contributed by atoms with Crippen molar-refractivity contribution in [2.24, 2.45) is 11.7 Å². The zero-order chi connectivity index (χ0) is 13.1. The first-order valence-corrected chi connectivity index (χ1v) is 6.39. The van der Waals surface area contributed by atoms with Crippen LogP contribution in [0.3, 0.4) is 0 Å². The highest BCUT2D eigenvalue weighted by atomic mass is 19.1. The lowest BCUT2D eigenvalue weighted by Crippen LogP contribution is -2.25. The smallest absolute Gasteiger partial charge is 0.223 e. The number of nitrogens with two attached hydrogens (primary N) is 1. The van der Waals surface area contributed by atoms with Gasteiger partial charge in [0.05, 0.1) is 0 Å². The molecule has 1 aliphatic heterocycles. The molecule has 1 amide bonds. The molecule has 1 heterocycles. The van der Waals surface area contributed by atoms with E-state index in [-0.39, 0.29) is 11.7 Å². The van der Waals surface area contributed by atoms with E-state index in [1.165, 1.54) is 12.1 Å². The number of benzene rings is 1. The zero-order valence-electron chi connectivity index (χ0n) is 10.7. The molecule has 3 nitrogen and oxygen atoms in total. The van der Waals surface area contributed by atoms with Gasteiger partial charge in [0.2, 0.25) is 5.91 Å². The number of nitrogens with zero attached hydrogens (tertiary/aromatic N) is 1. The highest BCUT2D eigenvalue weighted by Crippen LogP contribution is 2.23. The molecule has 2 rings (SSSR count). The molecule has 1 fully saturated rings. The largest absolute Gasteiger partial charge is 0.338 e. The number of halogens is 1. The predicted octanol–water partition coefficient (Wildman–Crippen LogP) is 2.04. The van der Waals surface area contributed by atoms with E-state index >= 15 is 0 Å². The third-order valence-corrected chi connectivity index (χ3v) is 3.62. The fourth-order valence-corrected chi connectivity index (χ4v) is 2.42. The van der Waals surface area contributed by atoms with Crippen LogP contribution < -0.4 is 5.73 Å². The summed E-state index contributed by atoms with van der Waals surface area (Å²) in [6.45, 7) is 3.75. The average molecular weight is 250 g/mol. The Kier molecular flexibility index (Phi) is 3.97. The number of amides is 1. The van der Waals surface area contributed by atoms with Gasteiger partial charge in [-0.1, -0.05) is 19.4 Å². The van der Waals surface area contributed by atoms with Gasteiger partial charge in [0, 0.05) is 26.1 Å². The van der Waals surface area contributed by atoms with E-state index < -0.39 is 0 Å². The summed E-state index contributed by atoms with van der Waals surface area (Å²) < 4.78 is 13.1. The first-order valence-electron chi connectivity index (χ1n) is 6.39. The van der Waals surface area contributed by atoms with Crippen molar-refractivity contribution in [1.29, 1.82) is 0 Å². The minimum Gasteiger partial charge on any atom is -0.338 e. The molecule has 0 saturated carbocycles. The fraction of sp³-hybridized carbons (Fsp3) is 0.500. The van der Waals surface area contributed by atoms with Gasteiger partial charge in [0.25, 0.3) is 0 Å². The molecule has 98 valence electrons. The SMILES string of the molecule is CCC1CC(=O)N(Cc2ccc(F)cc2CN)C1. The maximum absolute atomic E-state index is 13.1. The number of rotatable bonds is 4. The summed E-state index contributed by atoms with van der Waals surface area (Å²) in [5.74, 6) is 0.367. The van der Waals surface area contributed by atoms with Crippen LogP contribution in [-0.4, -0.2) is 17.4 Å². The topological polar surface area (TPSA) is 46.3 Å². The molecule has 1 saturated heterocycles. The first-order chi connectivity index (χ1) is 8.63. The fourth-order valence-electron chi connectivity index (χ4n) is 2.42. The number of carbonyl (C=O) groups is 1. The molecule has 1 aromatic carbocycles. The van der Waals surface area contributed by atoms with Crippen molar-refractivity contribution in [3.63, 3.8) is 0 Å². The van der Waals surface area contributed by atoms with Crippen LogP contribution in [0.4, 0.5) is 4.39 Å². The van der Waals surface area contributed by atoms with Crippen LogP contribution in [0.1, 0.15) is 30.9 Å². The summed E-state index contributed by atoms with van der Waals surface area (Å²) in [6, 6.07) is 4.60. The quantitative estimate of drug-likeness (QED) is 0.889. The van der Waals surface area contributed by atoms with Crippen molar-refractivity contribution in [3.8, 4) is 0 Å². The van der Waals surface area contributed by atoms with E-state index in [9.17, 15) is 9.18 Å². The van der Waals surface area contributed by atoms with E-state index in [2.05, 4.69) is 6.92 Å². The van der Waals surface area contributed by atoms with Crippen LogP contribution in [0.5, 0.6) is 0 Å². The molecule has 18 heavy (non-hydrogen) atoms. The second kappa shape index (κ2) is 5.48. The standard InChI is InChI=1S/C14H19FN2O/c1-2-10-5-14(18)17(8-10)9-11-3-4-13(15)6-12(11)7-16/h3-4,6,10H,2,5,7-9,16H2,1H3. The average Bonchev–Trinajstić information content (AvgIpc) is 2.72. The number of hydrogen-bond acceptors (Lipinski definition) is 2. The van der Waals surface area contributed by atoms with Crippen LogP contribution in [0.15, 0.2) is 18.2 Å². The molecule has 1 aliphatic rings. The van der Waals surface area contributed by atoms with Crippen molar-refractivity contribution in [2.75, 3.05) is 6.54 Å². The molecule has 0 radical (unpaired) electrons. The molecule has 0 aromatic heterocycles. The highest BCUT2D eigenvalue weighted by molar-refractivity contribution is 5.78. The third-order valence-electron chi connectivity index (χ3n) is 3.62. The van der Waals surface area contributed by atoms with Gasteiger partial charge in [-0.2, -0.15) is 0 Å². The van der Waals surface area contributed by atoms with Gasteiger partial charge in [-0.05, 0) is 29.2 Å².